The van der Waals surface area contributed by atoms with Crippen molar-refractivity contribution in [2.75, 3.05) is 0 Å². The summed E-state index contributed by atoms with van der Waals surface area (Å²) < 4.78 is 40.9. The molecule has 10 atom stereocenters. The highest BCUT2D eigenvalue weighted by atomic mass is 16.6. The highest BCUT2D eigenvalue weighted by molar-refractivity contribution is 5.91. The van der Waals surface area contributed by atoms with Crippen molar-refractivity contribution in [1.29, 1.82) is 0 Å². The van der Waals surface area contributed by atoms with Crippen LogP contribution in [0, 0.1) is 0 Å². The monoisotopic (exact) mass is 1430 g/mol. The molecule has 3 aliphatic rings. The maximum atomic E-state index is 15.3. The molecule has 0 saturated carbocycles. The third kappa shape index (κ3) is 14.4. The smallest absolute Gasteiger partial charge is 0.345 e. The van der Waals surface area contributed by atoms with Crippen LogP contribution in [0.1, 0.15) is 97.3 Å². The average molecular weight is 1440 g/mol. The second-order valence-electron chi connectivity index (χ2n) is 24.0. The minimum Gasteiger partial charge on any atom is -0.504 e. The van der Waals surface area contributed by atoms with Crippen LogP contribution in [-0.2, 0) is 83.0 Å². The second kappa shape index (κ2) is 28.7. The average Bonchev–Trinajstić information content (AvgIpc) is 1.61. The number of aromatic hydroxyl groups is 13. The lowest BCUT2D eigenvalue weighted by molar-refractivity contribution is -0.166. The van der Waals surface area contributed by atoms with E-state index in [1.165, 1.54) is 18.2 Å². The zero-order valence-corrected chi connectivity index (χ0v) is 53.1. The Bertz CT molecular complexity index is 4860. The third-order valence-electron chi connectivity index (χ3n) is 17.3. The van der Waals surface area contributed by atoms with Crippen molar-refractivity contribution in [2.24, 2.45) is 0 Å². The van der Waals surface area contributed by atoms with Crippen molar-refractivity contribution in [1.82, 2.24) is 0 Å². The summed E-state index contributed by atoms with van der Waals surface area (Å²) in [6.07, 6.45) is -15.7. The maximum absolute atomic E-state index is 15.3. The van der Waals surface area contributed by atoms with Crippen LogP contribution in [0.25, 0.3) is 6.08 Å². The first-order valence-electron chi connectivity index (χ1n) is 30.9. The summed E-state index contributed by atoms with van der Waals surface area (Å²) in [5, 5.41) is 179. The summed E-state index contributed by atoms with van der Waals surface area (Å²) in [5.74, 6) is -29.3. The van der Waals surface area contributed by atoms with E-state index in [9.17, 15) is 116 Å². The van der Waals surface area contributed by atoms with Crippen LogP contribution >= 0.6 is 0 Å². The first-order chi connectivity index (χ1) is 49.3. The molecule has 0 bridgehead atoms. The zero-order chi connectivity index (χ0) is 75.0. The molecule has 0 aromatic heterocycles. The molecule has 32 nitrogen and oxygen atoms in total. The topological polar surface area (TPSA) is 545 Å². The number of aliphatic carboxylic acids is 4. The second-order valence-corrected chi connectivity index (χ2v) is 24.0. The predicted molar refractivity (Wildman–Crippen MR) is 345 cm³/mol. The minimum absolute atomic E-state index is 0.0438. The van der Waals surface area contributed by atoms with Gasteiger partial charge in [-0.25, -0.2) is 24.0 Å². The van der Waals surface area contributed by atoms with Gasteiger partial charge >= 0.3 is 47.8 Å². The van der Waals surface area contributed by atoms with E-state index in [-0.39, 0.29) is 55.6 Å². The summed E-state index contributed by atoms with van der Waals surface area (Å²) in [5.41, 5.74) is -2.19. The van der Waals surface area contributed by atoms with Crippen LogP contribution in [0.2, 0.25) is 0 Å². The van der Waals surface area contributed by atoms with Gasteiger partial charge in [0.1, 0.15) is 36.1 Å². The number of ether oxygens (including phenoxy) is 7. The summed E-state index contributed by atoms with van der Waals surface area (Å²) in [7, 11) is 0. The van der Waals surface area contributed by atoms with Crippen LogP contribution in [0.5, 0.6) is 92.0 Å². The van der Waals surface area contributed by atoms with E-state index in [4.69, 9.17) is 33.2 Å². The van der Waals surface area contributed by atoms with Crippen molar-refractivity contribution in [2.45, 2.75) is 86.2 Å². The normalized spacial score (nSPS) is 18.0. The molecule has 0 spiro atoms. The molecule has 0 fully saturated rings. The molecule has 32 heteroatoms. The maximum Gasteiger partial charge on any atom is 0.345 e. The van der Waals surface area contributed by atoms with Gasteiger partial charge < -0.3 is 120 Å². The third-order valence-corrected chi connectivity index (χ3v) is 17.3. The van der Waals surface area contributed by atoms with Crippen LogP contribution < -0.4 is 14.2 Å². The van der Waals surface area contributed by atoms with Crippen LogP contribution in [0.4, 0.5) is 0 Å². The van der Waals surface area contributed by atoms with Crippen molar-refractivity contribution >= 4 is 53.8 Å². The predicted octanol–water partition coefficient (Wildman–Crippen LogP) is 6.48. The van der Waals surface area contributed by atoms with E-state index < -0.39 is 231 Å². The SMILES string of the molecule is O=C(/C=C/c1ccc(O)c(O)c1)O[C@H](Cc1ccc(O)c2c1[C@H](C(=O)O[C@H](Cc1ccc(O)c3c1[C@H](C(=O)O[C@H](Cc1ccc(O)c4c1[C@H](C(=O)O[C@H](Cc1ccc(O)c(O)c1)C(=O)O)[C@@H](c1ccc(O)c(O)c1)O4)C(=O)O)[C@@H](c1ccc(O)c(O)c1)O3)C(=O)O)[C@@H](c1ccc(O)c(O)c1)O2)C(=O)O. The largest absolute Gasteiger partial charge is 0.504 e. The Kier molecular flexibility index (Phi) is 19.7. The molecule has 0 unspecified atom stereocenters. The van der Waals surface area contributed by atoms with Crippen molar-refractivity contribution in [3.63, 3.8) is 0 Å². The fourth-order valence-corrected chi connectivity index (χ4v) is 12.4. The number of carboxylic acids is 4. The van der Waals surface area contributed by atoms with Gasteiger partial charge in [-0.05, 0) is 129 Å². The van der Waals surface area contributed by atoms with Gasteiger partial charge in [0.25, 0.3) is 0 Å². The van der Waals surface area contributed by atoms with Crippen molar-refractivity contribution in [3.05, 3.63) is 195 Å². The van der Waals surface area contributed by atoms with Crippen LogP contribution in [-0.4, -0.2) is 159 Å². The molecule has 538 valence electrons. The van der Waals surface area contributed by atoms with E-state index in [0.29, 0.717) is 0 Å². The number of hydrogen-bond donors (Lipinski definition) is 17. The van der Waals surface area contributed by atoms with E-state index in [1.54, 1.807) is 0 Å². The Morgan fingerprint density at radius 1 is 0.327 bits per heavy atom. The molecule has 3 heterocycles. The Labute approximate surface area is 582 Å². The van der Waals surface area contributed by atoms with Gasteiger partial charge in [0, 0.05) is 48.4 Å². The molecule has 0 radical (unpaired) electrons. The number of carboxylic acid groups (broad SMARTS) is 4. The number of phenolic OH excluding ortho intramolecular Hbond substituents is 13. The number of hydrogen-bond acceptors (Lipinski definition) is 28. The minimum atomic E-state index is -2.40. The van der Waals surface area contributed by atoms with E-state index in [2.05, 4.69) is 0 Å². The molecule has 0 aliphatic carbocycles. The Morgan fingerprint density at radius 3 is 0.933 bits per heavy atom. The fraction of sp³-hybridized carbons (Fsp3) is 0.194. The first-order valence-corrected chi connectivity index (χ1v) is 30.9. The van der Waals surface area contributed by atoms with E-state index >= 15 is 9.59 Å². The highest BCUT2D eigenvalue weighted by Gasteiger charge is 2.51. The summed E-state index contributed by atoms with van der Waals surface area (Å²) >= 11 is 0. The molecule has 0 amide bonds. The van der Waals surface area contributed by atoms with Gasteiger partial charge in [-0.1, -0.05) is 48.5 Å². The summed E-state index contributed by atoms with van der Waals surface area (Å²) in [6.45, 7) is 0. The number of carbonyl (C=O) groups excluding carboxylic acids is 4. The molecule has 8 aromatic carbocycles. The van der Waals surface area contributed by atoms with Gasteiger partial charge in [0.05, 0.1) is 0 Å². The van der Waals surface area contributed by atoms with E-state index in [0.717, 1.165) is 121 Å². The molecular weight excluding hydrogens is 1380 g/mol. The molecule has 17 N–H and O–H groups in total. The van der Waals surface area contributed by atoms with E-state index in [1.807, 2.05) is 0 Å². The number of benzene rings is 8. The number of carbonyl (C=O) groups is 8. The molecule has 104 heavy (non-hydrogen) atoms. The lowest BCUT2D eigenvalue weighted by Crippen LogP contribution is -2.35. The Morgan fingerprint density at radius 2 is 0.615 bits per heavy atom. The van der Waals surface area contributed by atoms with Gasteiger partial charge in [-0.3, -0.25) is 14.4 Å². The first kappa shape index (κ1) is 71.3. The van der Waals surface area contributed by atoms with Gasteiger partial charge in [0.15, 0.2) is 92.0 Å². The number of esters is 4. The number of fused-ring (bicyclic) bond motifs is 3. The van der Waals surface area contributed by atoms with Gasteiger partial charge in [-0.2, -0.15) is 0 Å². The van der Waals surface area contributed by atoms with Gasteiger partial charge in [-0.15, -0.1) is 0 Å². The molecule has 8 aromatic rings. The quantitative estimate of drug-likeness (QED) is 0.0133. The Balaban J connectivity index is 0.932. The summed E-state index contributed by atoms with van der Waals surface area (Å²) in [4.78, 5) is 111. The standard InChI is InChI=1S/C72H58O32/c73-36-10-1-28(19-44(36)81)3-18-53(86)98-50(67(89)90)25-30-4-15-41(78)63-54(30)58(61(103-63)34-8-13-39(76)47(84)23-34)71(96)100-52(69(93)94)27-32-6-17-43(80)65-56(32)59(62(104-65)35-9-14-40(77)48(85)24-35)72(97)101-51(68(91)92)26-31-5-16-42(79)64-55(31)57(60(102-64)33-7-12-38(75)46(83)22-33)70(95)99-49(66(87)88)21-29-2-11-37(74)45(82)20-29/h1-20,22-24,49-52,57-62,73-85H,21,25-27H2,(H,87,88)(H,89,90)(H,91,92)(H,93,94)/b18-3+/t49-,50-,51-,52-,57+,58+,59+,60-,61-,62-/m1/s1. The molecule has 11 rings (SSSR count). The lowest BCUT2D eigenvalue weighted by Gasteiger charge is -2.24. The number of phenols is 13. The van der Waals surface area contributed by atoms with Crippen molar-refractivity contribution < 1.29 is 158 Å². The summed E-state index contributed by atoms with van der Waals surface area (Å²) in [6, 6.07) is 22.2. The molecule has 0 saturated heterocycles. The fourth-order valence-electron chi connectivity index (χ4n) is 12.4. The van der Waals surface area contributed by atoms with Crippen LogP contribution in [0.15, 0.2) is 133 Å². The Hall–Kier alpha value is -13.9. The highest BCUT2D eigenvalue weighted by Crippen LogP contribution is 2.57. The van der Waals surface area contributed by atoms with Crippen LogP contribution in [0.3, 0.4) is 0 Å². The molecular formula is C72H58O32. The molecule has 3 aliphatic heterocycles. The van der Waals surface area contributed by atoms with Gasteiger partial charge in [0.2, 0.25) is 24.4 Å². The lowest BCUT2D eigenvalue weighted by atomic mass is 9.85. The number of rotatable bonds is 24. The van der Waals surface area contributed by atoms with Crippen molar-refractivity contribution in [3.8, 4) is 92.0 Å². The zero-order valence-electron chi connectivity index (χ0n) is 53.1.